The van der Waals surface area contributed by atoms with Crippen LogP contribution in [0.15, 0.2) is 73.3 Å². The summed E-state index contributed by atoms with van der Waals surface area (Å²) in [6.07, 6.45) is 6.71. The number of halogens is 1. The van der Waals surface area contributed by atoms with Crippen LogP contribution in [0.2, 0.25) is 0 Å². The lowest BCUT2D eigenvalue weighted by molar-refractivity contribution is -0.116. The average Bonchev–Trinajstić information content (AvgIpc) is 3.52. The van der Waals surface area contributed by atoms with Crippen molar-refractivity contribution in [3.05, 3.63) is 79.1 Å². The highest BCUT2D eigenvalue weighted by molar-refractivity contribution is 6.00. The topological polar surface area (TPSA) is 115 Å². The van der Waals surface area contributed by atoms with Crippen molar-refractivity contribution in [2.45, 2.75) is 0 Å². The van der Waals surface area contributed by atoms with Gasteiger partial charge in [-0.1, -0.05) is 12.1 Å². The quantitative estimate of drug-likeness (QED) is 0.297. The van der Waals surface area contributed by atoms with Crippen LogP contribution in [0.5, 0.6) is 0 Å². The third-order valence-corrected chi connectivity index (χ3v) is 6.17. The Kier molecular flexibility index (Phi) is 5.85. The Bertz CT molecular complexity index is 1810. The van der Waals surface area contributed by atoms with E-state index >= 15 is 0 Å². The second-order valence-electron chi connectivity index (χ2n) is 9.23. The summed E-state index contributed by atoms with van der Waals surface area (Å²) < 4.78 is 14.5. The number of amides is 1. The monoisotopic (exact) mass is 506 g/mol. The normalized spacial score (nSPS) is 11.5. The van der Waals surface area contributed by atoms with Crippen LogP contribution in [-0.2, 0) is 4.79 Å². The molecule has 6 aromatic rings. The van der Waals surface area contributed by atoms with Gasteiger partial charge in [0.2, 0.25) is 5.91 Å². The molecule has 3 N–H and O–H groups in total. The van der Waals surface area contributed by atoms with Crippen molar-refractivity contribution < 1.29 is 9.18 Å². The number of carbonyl (C=O) groups is 1. The van der Waals surface area contributed by atoms with E-state index in [1.54, 1.807) is 47.9 Å². The SMILES string of the molecule is CN(C)CC(=O)Nc1cncc(-c2cnc3n[nH]c(-c4cc5c(-c6ccccc6F)nccc5[nH]4)c3c2)c1. The lowest BCUT2D eigenvalue weighted by Crippen LogP contribution is -2.27. The zero-order chi connectivity index (χ0) is 26.2. The van der Waals surface area contributed by atoms with Gasteiger partial charge in [-0.15, -0.1) is 0 Å². The molecule has 6 rings (SSSR count). The van der Waals surface area contributed by atoms with Crippen molar-refractivity contribution in [3.63, 3.8) is 0 Å². The number of carbonyl (C=O) groups excluding carboxylic acids is 1. The van der Waals surface area contributed by atoms with Crippen molar-refractivity contribution in [2.75, 3.05) is 26.0 Å². The van der Waals surface area contributed by atoms with E-state index in [0.29, 0.717) is 22.6 Å². The van der Waals surface area contributed by atoms with Crippen LogP contribution in [0.4, 0.5) is 10.1 Å². The van der Waals surface area contributed by atoms with E-state index in [1.165, 1.54) is 6.07 Å². The van der Waals surface area contributed by atoms with E-state index < -0.39 is 0 Å². The second kappa shape index (κ2) is 9.49. The first-order valence-corrected chi connectivity index (χ1v) is 11.9. The smallest absolute Gasteiger partial charge is 0.238 e. The number of H-pyrrole nitrogens is 2. The van der Waals surface area contributed by atoms with Gasteiger partial charge >= 0.3 is 0 Å². The Labute approximate surface area is 216 Å². The van der Waals surface area contributed by atoms with Gasteiger partial charge < -0.3 is 15.2 Å². The maximum atomic E-state index is 14.5. The Morgan fingerprint density at radius 2 is 1.84 bits per heavy atom. The number of aromatic nitrogens is 6. The molecule has 5 heterocycles. The minimum absolute atomic E-state index is 0.122. The van der Waals surface area contributed by atoms with E-state index in [4.69, 9.17) is 0 Å². The number of likely N-dealkylation sites (N-methyl/N-ethyl adjacent to an activating group) is 1. The number of aromatic amines is 2. The molecular formula is C28H23FN8O. The Hall–Kier alpha value is -4.96. The molecule has 9 nitrogen and oxygen atoms in total. The first kappa shape index (κ1) is 23.4. The number of hydrogen-bond donors (Lipinski definition) is 3. The van der Waals surface area contributed by atoms with Gasteiger partial charge in [-0.25, -0.2) is 9.37 Å². The van der Waals surface area contributed by atoms with E-state index in [-0.39, 0.29) is 18.3 Å². The van der Waals surface area contributed by atoms with Gasteiger partial charge in [-0.2, -0.15) is 5.10 Å². The molecule has 0 bridgehead atoms. The Balaban J connectivity index is 1.39. The summed E-state index contributed by atoms with van der Waals surface area (Å²) in [6.45, 7) is 0.273. The third-order valence-electron chi connectivity index (χ3n) is 6.17. The van der Waals surface area contributed by atoms with Crippen LogP contribution in [0.3, 0.4) is 0 Å². The zero-order valence-corrected chi connectivity index (χ0v) is 20.7. The highest BCUT2D eigenvalue weighted by Gasteiger charge is 2.17. The number of rotatable bonds is 6. The number of anilines is 1. The molecule has 1 aromatic carbocycles. The summed E-state index contributed by atoms with van der Waals surface area (Å²) >= 11 is 0. The predicted molar refractivity (Wildman–Crippen MR) is 145 cm³/mol. The minimum Gasteiger partial charge on any atom is -0.353 e. The molecule has 0 aliphatic heterocycles. The zero-order valence-electron chi connectivity index (χ0n) is 20.7. The molecule has 0 fully saturated rings. The van der Waals surface area contributed by atoms with E-state index in [2.05, 4.69) is 35.5 Å². The number of nitrogens with zero attached hydrogens (tertiary/aromatic N) is 5. The van der Waals surface area contributed by atoms with Crippen LogP contribution >= 0.6 is 0 Å². The van der Waals surface area contributed by atoms with Crippen LogP contribution < -0.4 is 5.32 Å². The number of benzene rings is 1. The molecule has 0 aliphatic carbocycles. The Morgan fingerprint density at radius 1 is 1.00 bits per heavy atom. The predicted octanol–water partition coefficient (Wildman–Crippen LogP) is 4.87. The Morgan fingerprint density at radius 3 is 2.68 bits per heavy atom. The van der Waals surface area contributed by atoms with Gasteiger partial charge in [-0.05, 0) is 50.5 Å². The van der Waals surface area contributed by atoms with Gasteiger partial charge in [0.25, 0.3) is 0 Å². The number of fused-ring (bicyclic) bond motifs is 2. The number of pyridine rings is 3. The van der Waals surface area contributed by atoms with E-state index in [9.17, 15) is 9.18 Å². The number of hydrogen-bond acceptors (Lipinski definition) is 6. The van der Waals surface area contributed by atoms with Crippen LogP contribution in [0.1, 0.15) is 0 Å². The maximum Gasteiger partial charge on any atom is 0.238 e. The van der Waals surface area contributed by atoms with E-state index in [1.807, 2.05) is 38.4 Å². The molecule has 0 saturated heterocycles. The van der Waals surface area contributed by atoms with Gasteiger partial charge in [0.15, 0.2) is 5.65 Å². The van der Waals surface area contributed by atoms with Gasteiger partial charge in [0.05, 0.1) is 35.5 Å². The number of nitrogens with one attached hydrogen (secondary N) is 3. The van der Waals surface area contributed by atoms with Crippen molar-refractivity contribution in [1.82, 2.24) is 35.0 Å². The summed E-state index contributed by atoms with van der Waals surface area (Å²) in [4.78, 5) is 30.7. The molecule has 38 heavy (non-hydrogen) atoms. The average molecular weight is 507 g/mol. The standard InChI is InChI=1S/C28H23FN8O/c1-37(2)15-25(38)33-18-9-16(12-30-14-18)17-10-21-27(35-36-28(21)32-13-17)24-11-20-23(34-24)7-8-31-26(20)19-5-3-4-6-22(19)29/h3-14,34H,15H2,1-2H3,(H,33,38)(H,32,35,36). The molecule has 5 aromatic heterocycles. The van der Waals surface area contributed by atoms with E-state index in [0.717, 1.165) is 38.8 Å². The van der Waals surface area contributed by atoms with Crippen LogP contribution in [0, 0.1) is 5.82 Å². The highest BCUT2D eigenvalue weighted by atomic mass is 19.1. The fraction of sp³-hybridized carbons (Fsp3) is 0.107. The molecule has 0 unspecified atom stereocenters. The van der Waals surface area contributed by atoms with Gasteiger partial charge in [0, 0.05) is 51.6 Å². The lowest BCUT2D eigenvalue weighted by atomic mass is 10.1. The largest absolute Gasteiger partial charge is 0.353 e. The molecule has 188 valence electrons. The molecule has 10 heteroatoms. The molecule has 0 spiro atoms. The first-order valence-electron chi connectivity index (χ1n) is 11.9. The summed E-state index contributed by atoms with van der Waals surface area (Å²) in [7, 11) is 3.67. The van der Waals surface area contributed by atoms with Crippen molar-refractivity contribution in [3.8, 4) is 33.8 Å². The molecule has 1 amide bonds. The van der Waals surface area contributed by atoms with Crippen molar-refractivity contribution >= 4 is 33.5 Å². The van der Waals surface area contributed by atoms with Gasteiger partial charge in [-0.3, -0.25) is 19.9 Å². The molecular weight excluding hydrogens is 483 g/mol. The van der Waals surface area contributed by atoms with Gasteiger partial charge in [0.1, 0.15) is 5.82 Å². The summed E-state index contributed by atoms with van der Waals surface area (Å²) in [5, 5.41) is 11.9. The highest BCUT2D eigenvalue weighted by Crippen LogP contribution is 2.34. The fourth-order valence-corrected chi connectivity index (χ4v) is 4.47. The maximum absolute atomic E-state index is 14.5. The first-order chi connectivity index (χ1) is 18.5. The molecule has 0 radical (unpaired) electrons. The van der Waals surface area contributed by atoms with Crippen LogP contribution in [0.25, 0.3) is 55.7 Å². The minimum atomic E-state index is -0.329. The van der Waals surface area contributed by atoms with Crippen molar-refractivity contribution in [1.29, 1.82) is 0 Å². The van der Waals surface area contributed by atoms with Crippen molar-refractivity contribution in [2.24, 2.45) is 0 Å². The second-order valence-corrected chi connectivity index (χ2v) is 9.23. The molecule has 0 aliphatic rings. The summed E-state index contributed by atoms with van der Waals surface area (Å²) in [5.41, 5.74) is 6.12. The summed E-state index contributed by atoms with van der Waals surface area (Å²) in [5.74, 6) is -0.451. The lowest BCUT2D eigenvalue weighted by Gasteiger charge is -2.10. The molecule has 0 atom stereocenters. The van der Waals surface area contributed by atoms with Crippen LogP contribution in [-0.4, -0.2) is 61.6 Å². The fourth-order valence-electron chi connectivity index (χ4n) is 4.47. The molecule has 0 saturated carbocycles. The third kappa shape index (κ3) is 4.37. The summed E-state index contributed by atoms with van der Waals surface area (Å²) in [6, 6.07) is 14.2.